The molecule has 0 aliphatic heterocycles. The topological polar surface area (TPSA) is 42.7 Å². The third kappa shape index (κ3) is 5.14. The third-order valence-electron chi connectivity index (χ3n) is 2.05. The molecule has 4 nitrogen and oxygen atoms in total. The van der Waals surface area contributed by atoms with Crippen LogP contribution in [0.4, 0.5) is 0 Å². The van der Waals surface area contributed by atoms with Crippen molar-refractivity contribution in [1.29, 1.82) is 0 Å². The zero-order chi connectivity index (χ0) is 11.3. The summed E-state index contributed by atoms with van der Waals surface area (Å²) in [5.41, 5.74) is 0.950. The summed E-state index contributed by atoms with van der Waals surface area (Å²) in [5, 5.41) is 11.3. The minimum Gasteiger partial charge on any atom is -0.310 e. The van der Waals surface area contributed by atoms with Crippen molar-refractivity contribution in [3.05, 3.63) is 11.9 Å². The average Bonchev–Trinajstić information content (AvgIpc) is 2.50. The van der Waals surface area contributed by atoms with Gasteiger partial charge in [-0.25, -0.2) is 0 Å². The SMILES string of the molecule is CC(C)CC(Cl)CNCc1cn(C)nn1. The monoisotopic (exact) mass is 230 g/mol. The van der Waals surface area contributed by atoms with Crippen LogP contribution in [-0.4, -0.2) is 26.9 Å². The van der Waals surface area contributed by atoms with Crippen LogP contribution in [0.5, 0.6) is 0 Å². The Bertz CT molecular complexity index is 285. The summed E-state index contributed by atoms with van der Waals surface area (Å²) in [6.45, 7) is 5.90. The number of hydrogen-bond donors (Lipinski definition) is 1. The molecule has 0 aromatic carbocycles. The van der Waals surface area contributed by atoms with E-state index in [1.807, 2.05) is 13.2 Å². The van der Waals surface area contributed by atoms with E-state index in [0.717, 1.165) is 25.2 Å². The quantitative estimate of drug-likeness (QED) is 0.755. The number of nitrogens with zero attached hydrogens (tertiary/aromatic N) is 3. The highest BCUT2D eigenvalue weighted by atomic mass is 35.5. The predicted octanol–water partition coefficient (Wildman–Crippen LogP) is 1.56. The normalized spacial score (nSPS) is 13.4. The summed E-state index contributed by atoms with van der Waals surface area (Å²) in [5.74, 6) is 0.644. The summed E-state index contributed by atoms with van der Waals surface area (Å²) in [6, 6.07) is 0. The van der Waals surface area contributed by atoms with Gasteiger partial charge in [0, 0.05) is 31.7 Å². The van der Waals surface area contributed by atoms with Gasteiger partial charge >= 0.3 is 0 Å². The van der Waals surface area contributed by atoms with Crippen molar-refractivity contribution in [2.24, 2.45) is 13.0 Å². The molecule has 0 amide bonds. The lowest BCUT2D eigenvalue weighted by atomic mass is 10.1. The number of aryl methyl sites for hydroxylation is 1. The van der Waals surface area contributed by atoms with Crippen molar-refractivity contribution in [3.8, 4) is 0 Å². The minimum absolute atomic E-state index is 0.196. The van der Waals surface area contributed by atoms with Crippen LogP contribution in [-0.2, 0) is 13.6 Å². The summed E-state index contributed by atoms with van der Waals surface area (Å²) in [6.07, 6.45) is 2.94. The van der Waals surface area contributed by atoms with Crippen molar-refractivity contribution < 1.29 is 0 Å². The standard InChI is InChI=1S/C10H19ClN4/c1-8(2)4-9(11)5-12-6-10-7-15(3)14-13-10/h7-9,12H,4-6H2,1-3H3. The Morgan fingerprint density at radius 3 is 2.80 bits per heavy atom. The second-order valence-corrected chi connectivity index (χ2v) is 4.86. The summed E-state index contributed by atoms with van der Waals surface area (Å²) in [7, 11) is 1.86. The molecule has 0 aliphatic rings. The van der Waals surface area contributed by atoms with Crippen LogP contribution >= 0.6 is 11.6 Å². The summed E-state index contributed by atoms with van der Waals surface area (Å²) < 4.78 is 1.70. The Balaban J connectivity index is 2.16. The molecule has 1 heterocycles. The first-order valence-corrected chi connectivity index (χ1v) is 5.71. The van der Waals surface area contributed by atoms with Crippen LogP contribution in [0.1, 0.15) is 26.0 Å². The largest absolute Gasteiger partial charge is 0.310 e. The minimum atomic E-state index is 0.196. The lowest BCUT2D eigenvalue weighted by Gasteiger charge is -2.11. The Morgan fingerprint density at radius 2 is 2.27 bits per heavy atom. The molecule has 1 atom stereocenters. The smallest absolute Gasteiger partial charge is 0.0964 e. The summed E-state index contributed by atoms with van der Waals surface area (Å²) in [4.78, 5) is 0. The Kier molecular flexibility index (Phi) is 5.05. The maximum absolute atomic E-state index is 6.14. The number of alkyl halides is 1. The maximum atomic E-state index is 6.14. The van der Waals surface area contributed by atoms with Gasteiger partial charge in [-0.2, -0.15) is 0 Å². The fourth-order valence-corrected chi connectivity index (χ4v) is 1.89. The van der Waals surface area contributed by atoms with Crippen molar-refractivity contribution in [2.75, 3.05) is 6.54 Å². The molecule has 5 heteroatoms. The van der Waals surface area contributed by atoms with Crippen LogP contribution in [0, 0.1) is 5.92 Å². The molecule has 86 valence electrons. The van der Waals surface area contributed by atoms with E-state index in [4.69, 9.17) is 11.6 Å². The lowest BCUT2D eigenvalue weighted by molar-refractivity contribution is 0.532. The first kappa shape index (κ1) is 12.5. The highest BCUT2D eigenvalue weighted by molar-refractivity contribution is 6.20. The van der Waals surface area contributed by atoms with Crippen molar-refractivity contribution in [2.45, 2.75) is 32.2 Å². The van der Waals surface area contributed by atoms with Crippen molar-refractivity contribution in [1.82, 2.24) is 20.3 Å². The second kappa shape index (κ2) is 6.08. The van der Waals surface area contributed by atoms with Gasteiger partial charge < -0.3 is 5.32 Å². The highest BCUT2D eigenvalue weighted by Gasteiger charge is 2.07. The van der Waals surface area contributed by atoms with Gasteiger partial charge in [-0.05, 0) is 12.3 Å². The molecule has 1 N–H and O–H groups in total. The van der Waals surface area contributed by atoms with Crippen LogP contribution < -0.4 is 5.32 Å². The molecular formula is C10H19ClN4. The highest BCUT2D eigenvalue weighted by Crippen LogP contribution is 2.09. The number of aromatic nitrogens is 3. The van der Waals surface area contributed by atoms with E-state index in [1.165, 1.54) is 0 Å². The molecule has 1 unspecified atom stereocenters. The number of rotatable bonds is 6. The van der Waals surface area contributed by atoms with Gasteiger partial charge in [0.05, 0.1) is 5.69 Å². The summed E-state index contributed by atoms with van der Waals surface area (Å²) >= 11 is 6.14. The molecule has 0 radical (unpaired) electrons. The van der Waals surface area contributed by atoms with Crippen LogP contribution in [0.15, 0.2) is 6.20 Å². The Hall–Kier alpha value is -0.610. The maximum Gasteiger partial charge on any atom is 0.0964 e. The molecule has 0 spiro atoms. The van der Waals surface area contributed by atoms with E-state index >= 15 is 0 Å². The molecule has 1 aromatic rings. The third-order valence-corrected chi connectivity index (χ3v) is 2.38. The van der Waals surface area contributed by atoms with Gasteiger partial charge in [-0.1, -0.05) is 19.1 Å². The second-order valence-electron chi connectivity index (χ2n) is 4.24. The van der Waals surface area contributed by atoms with Crippen LogP contribution in [0.2, 0.25) is 0 Å². The number of hydrogen-bond acceptors (Lipinski definition) is 3. The van der Waals surface area contributed by atoms with Crippen molar-refractivity contribution >= 4 is 11.6 Å². The van der Waals surface area contributed by atoms with E-state index < -0.39 is 0 Å². The molecule has 15 heavy (non-hydrogen) atoms. The molecule has 0 aliphatic carbocycles. The van der Waals surface area contributed by atoms with Gasteiger partial charge in [-0.3, -0.25) is 4.68 Å². The van der Waals surface area contributed by atoms with Gasteiger partial charge in [0.15, 0.2) is 0 Å². The van der Waals surface area contributed by atoms with E-state index in [0.29, 0.717) is 5.92 Å². The van der Waals surface area contributed by atoms with E-state index in [1.54, 1.807) is 4.68 Å². The zero-order valence-electron chi connectivity index (χ0n) is 9.57. The molecule has 1 aromatic heterocycles. The first-order chi connectivity index (χ1) is 7.08. The molecule has 0 saturated heterocycles. The Morgan fingerprint density at radius 1 is 1.53 bits per heavy atom. The van der Waals surface area contributed by atoms with Crippen molar-refractivity contribution in [3.63, 3.8) is 0 Å². The fraction of sp³-hybridized carbons (Fsp3) is 0.800. The molecule has 0 saturated carbocycles. The lowest BCUT2D eigenvalue weighted by Crippen LogP contribution is -2.24. The molecule has 0 fully saturated rings. The molecular weight excluding hydrogens is 212 g/mol. The average molecular weight is 231 g/mol. The fourth-order valence-electron chi connectivity index (χ4n) is 1.43. The zero-order valence-corrected chi connectivity index (χ0v) is 10.3. The number of nitrogens with one attached hydrogen (secondary N) is 1. The van der Waals surface area contributed by atoms with Gasteiger partial charge in [0.2, 0.25) is 0 Å². The predicted molar refractivity (Wildman–Crippen MR) is 61.8 cm³/mol. The van der Waals surface area contributed by atoms with E-state index in [9.17, 15) is 0 Å². The Labute approximate surface area is 96.0 Å². The van der Waals surface area contributed by atoms with Crippen LogP contribution in [0.3, 0.4) is 0 Å². The number of halogens is 1. The van der Waals surface area contributed by atoms with E-state index in [-0.39, 0.29) is 5.38 Å². The van der Waals surface area contributed by atoms with E-state index in [2.05, 4.69) is 29.5 Å². The molecule has 1 rings (SSSR count). The van der Waals surface area contributed by atoms with Crippen LogP contribution in [0.25, 0.3) is 0 Å². The first-order valence-electron chi connectivity index (χ1n) is 5.28. The van der Waals surface area contributed by atoms with Gasteiger partial charge in [0.25, 0.3) is 0 Å². The molecule has 0 bridgehead atoms. The van der Waals surface area contributed by atoms with Gasteiger partial charge in [0.1, 0.15) is 0 Å². The van der Waals surface area contributed by atoms with Gasteiger partial charge in [-0.15, -0.1) is 16.7 Å².